The molecule has 0 bridgehead atoms. The van der Waals surface area contributed by atoms with Gasteiger partial charge in [-0.05, 0) is 0 Å². The van der Waals surface area contributed by atoms with Crippen molar-refractivity contribution in [2.24, 2.45) is 0 Å². The Bertz CT molecular complexity index is 37.0. The third-order valence-corrected chi connectivity index (χ3v) is 0. The van der Waals surface area contributed by atoms with Gasteiger partial charge in [0.1, 0.15) is 0 Å². The zero-order valence-corrected chi connectivity index (χ0v) is 4.47. The number of nitrogens with zero attached hydrogens (tertiary/aromatic N) is 1. The van der Waals surface area contributed by atoms with Crippen molar-refractivity contribution in [3.05, 3.63) is 0 Å². The van der Waals surface area contributed by atoms with E-state index < -0.39 is 0 Å². The average molecular weight is 304 g/mol. The van der Waals surface area contributed by atoms with Gasteiger partial charge in [0.2, 0.25) is 0 Å². The van der Waals surface area contributed by atoms with Crippen LogP contribution in [0.3, 0.4) is 0 Å². The van der Waals surface area contributed by atoms with E-state index in [1.54, 1.807) is 0 Å². The number of hydrogen-bond donors (Lipinski definition) is 0. The molecular formula is CH2CsFeKNTi. The maximum absolute atomic E-state index is 7.21. The minimum absolute atomic E-state index is 0. The van der Waals surface area contributed by atoms with E-state index in [9.17, 15) is 0 Å². The van der Waals surface area contributed by atoms with Crippen LogP contribution in [0.4, 0.5) is 0 Å². The smallest absolute Gasteiger partial charge is 0 e. The largest absolute Gasteiger partial charge is 0 e. The number of nitriles is 1. The predicted molar refractivity (Wildman–Crippen MR) is 19.9 cm³/mol. The minimum Gasteiger partial charge on any atom is 0 e. The van der Waals surface area contributed by atoms with Crippen LogP contribution in [0.25, 0.3) is 0 Å². The van der Waals surface area contributed by atoms with Gasteiger partial charge in [0.15, 0.2) is 0 Å². The Labute approximate surface area is 162 Å². The Morgan fingerprint density at radius 3 is 1.50 bits per heavy atom. The molecule has 5 heteroatoms. The second kappa shape index (κ2) is 22.7. The molecule has 0 unspecified atom stereocenters. The van der Waals surface area contributed by atoms with E-state index in [4.69, 9.17) is 5.26 Å². The van der Waals surface area contributed by atoms with Gasteiger partial charge in [-0.2, -0.15) is 0 Å². The summed E-state index contributed by atoms with van der Waals surface area (Å²) in [6.45, 7) is 0. The molecule has 0 spiro atoms. The van der Waals surface area contributed by atoms with Crippen LogP contribution in [-0.4, -0.2) is 120 Å². The summed E-state index contributed by atoms with van der Waals surface area (Å²) in [6, 6.07) is 0. The van der Waals surface area contributed by atoms with Crippen molar-refractivity contribution in [2.45, 2.75) is 0 Å². The molecule has 0 saturated carbocycles. The molecule has 0 radical (unpaired) electrons. The molecule has 0 aromatic heterocycles. The fourth-order valence-corrected chi connectivity index (χ4v) is 0. The van der Waals surface area contributed by atoms with Gasteiger partial charge >= 0.3 is 147 Å². The summed E-state index contributed by atoms with van der Waals surface area (Å²) >= 11 is 2.79. The standard InChI is InChI=1S/CN.Cs.Fe.K.Ti.2H/c1-2;;;;;;. The second-order valence-corrected chi connectivity index (χ2v) is 0.326. The monoisotopic (exact) mass is 304 g/mol. The van der Waals surface area contributed by atoms with Gasteiger partial charge in [-0.25, -0.2) is 0 Å². The number of hydrogen-bond acceptors (Lipinski definition) is 1. The summed E-state index contributed by atoms with van der Waals surface area (Å²) in [5.74, 6) is 0. The normalized spacial score (nSPS) is 1.33. The summed E-state index contributed by atoms with van der Waals surface area (Å²) in [6.07, 6.45) is 0. The zero-order chi connectivity index (χ0) is 2.71. The Morgan fingerprint density at radius 1 is 1.50 bits per heavy atom. The fraction of sp³-hybridized carbons (Fsp3) is 0. The molecule has 0 heterocycles. The van der Waals surface area contributed by atoms with E-state index in [0.717, 1.165) is 0 Å². The van der Waals surface area contributed by atoms with Crippen LogP contribution in [0.2, 0.25) is 0 Å². The third kappa shape index (κ3) is 23.7. The topological polar surface area (TPSA) is 23.8 Å². The van der Waals surface area contributed by atoms with Crippen molar-refractivity contribution in [1.29, 1.82) is 5.26 Å². The van der Waals surface area contributed by atoms with Crippen LogP contribution >= 0.6 is 0 Å². The van der Waals surface area contributed by atoms with Gasteiger partial charge in [-0.3, -0.25) is 0 Å². The molecular weight excluding hydrogens is 302 g/mol. The molecule has 0 saturated heterocycles. The van der Waals surface area contributed by atoms with Crippen molar-refractivity contribution >= 4 is 120 Å². The Morgan fingerprint density at radius 2 is 1.50 bits per heavy atom. The molecule has 6 heavy (non-hydrogen) atoms. The Kier molecular flexibility index (Phi) is 85.0. The van der Waals surface area contributed by atoms with Crippen LogP contribution in [0.5, 0.6) is 0 Å². The van der Waals surface area contributed by atoms with Crippen LogP contribution in [-0.2, 0) is 37.7 Å². The van der Waals surface area contributed by atoms with Crippen molar-refractivity contribution in [2.75, 3.05) is 0 Å². The Hall–Kier alpha value is 4.41. The van der Waals surface area contributed by atoms with Crippen LogP contribution in [0.1, 0.15) is 0 Å². The van der Waals surface area contributed by atoms with Crippen molar-refractivity contribution in [3.63, 3.8) is 0 Å². The molecule has 0 aliphatic rings. The first-order valence-electron chi connectivity index (χ1n) is 0.400. The van der Waals surface area contributed by atoms with Gasteiger partial charge in [-0.1, -0.05) is 0 Å². The predicted octanol–water partition coefficient (Wildman–Crippen LogP) is -1.29. The first kappa shape index (κ1) is 22.4. The van der Waals surface area contributed by atoms with E-state index in [1.165, 1.54) is 4.97 Å². The van der Waals surface area contributed by atoms with Crippen LogP contribution in [0, 0.1) is 10.2 Å². The maximum atomic E-state index is 7.21. The van der Waals surface area contributed by atoms with E-state index in [0.29, 0.717) is 0 Å². The minimum atomic E-state index is 0. The van der Waals surface area contributed by atoms with Gasteiger partial charge in [-0.15, -0.1) is 0 Å². The molecule has 0 aliphatic carbocycles. The summed E-state index contributed by atoms with van der Waals surface area (Å²) < 4.78 is 0. The van der Waals surface area contributed by atoms with Gasteiger partial charge in [0.05, 0.1) is 0 Å². The summed E-state index contributed by atoms with van der Waals surface area (Å²) in [5.41, 5.74) is 0. The first-order chi connectivity index (χ1) is 1.41. The summed E-state index contributed by atoms with van der Waals surface area (Å²) in [7, 11) is 0. The molecule has 0 aromatic rings. The van der Waals surface area contributed by atoms with E-state index in [2.05, 4.69) is 16.0 Å². The third-order valence-electron chi connectivity index (χ3n) is 0. The molecule has 0 N–H and O–H groups in total. The molecule has 0 atom stereocenters. The zero-order valence-electron chi connectivity index (χ0n) is 1.80. The van der Waals surface area contributed by atoms with Crippen LogP contribution < -0.4 is 0 Å². The van der Waals surface area contributed by atoms with E-state index >= 15 is 0 Å². The van der Waals surface area contributed by atoms with Crippen molar-refractivity contribution in [3.8, 4) is 4.97 Å². The molecule has 0 aliphatic heterocycles. The first-order valence-corrected chi connectivity index (χ1v) is 0.952. The quantitative estimate of drug-likeness (QED) is 0.511. The summed E-state index contributed by atoms with van der Waals surface area (Å²) in [5, 5.41) is 7.21. The van der Waals surface area contributed by atoms with Gasteiger partial charge in [0, 0.05) is 21.7 Å². The fourth-order valence-electron chi connectivity index (χ4n) is 0. The van der Waals surface area contributed by atoms with Crippen molar-refractivity contribution in [1.82, 2.24) is 0 Å². The molecule has 0 aromatic carbocycles. The molecule has 0 rings (SSSR count). The van der Waals surface area contributed by atoms with E-state index in [1.807, 2.05) is 0 Å². The van der Waals surface area contributed by atoms with Gasteiger partial charge < -0.3 is 0 Å². The number of rotatable bonds is 0. The average Bonchev–Trinajstić information content (AvgIpc) is 0.918. The van der Waals surface area contributed by atoms with Gasteiger partial charge in [0.25, 0.3) is 0 Å². The summed E-state index contributed by atoms with van der Waals surface area (Å²) in [4.78, 5) is 1.50. The molecule has 0 fully saturated rings. The molecule has 0 amide bonds. The van der Waals surface area contributed by atoms with E-state index in [-0.39, 0.29) is 142 Å². The maximum Gasteiger partial charge on any atom is 0 e. The van der Waals surface area contributed by atoms with Crippen LogP contribution in [0.15, 0.2) is 0 Å². The molecule has 1 nitrogen and oxygen atoms in total. The Balaban J connectivity index is -0.00000000667. The second-order valence-electron chi connectivity index (χ2n) is 0.0791. The SMILES string of the molecule is N#[C][Fe].[CsH].[KH].[Ti]. The van der Waals surface area contributed by atoms with Crippen molar-refractivity contribution < 1.29 is 37.7 Å². The molecule has 25 valence electrons.